The van der Waals surface area contributed by atoms with Crippen molar-refractivity contribution in [3.63, 3.8) is 0 Å². The Morgan fingerprint density at radius 1 is 0.966 bits per heavy atom. The van der Waals surface area contributed by atoms with E-state index in [0.29, 0.717) is 13.1 Å². The third-order valence-electron chi connectivity index (χ3n) is 5.87. The molecule has 7 heteroatoms. The number of thiophene rings is 1. The molecule has 2 aromatic rings. The molecule has 1 aromatic carbocycles. The number of nitrogens with zero attached hydrogens (tertiary/aromatic N) is 3. The van der Waals surface area contributed by atoms with Gasteiger partial charge in [-0.3, -0.25) is 9.59 Å². The van der Waals surface area contributed by atoms with Gasteiger partial charge in [0.25, 0.3) is 5.91 Å². The van der Waals surface area contributed by atoms with E-state index in [1.807, 2.05) is 45.5 Å². The van der Waals surface area contributed by atoms with Gasteiger partial charge in [-0.25, -0.2) is 0 Å². The van der Waals surface area contributed by atoms with Crippen LogP contribution in [0.3, 0.4) is 0 Å². The molecule has 0 radical (unpaired) electrons. The zero-order valence-electron chi connectivity index (χ0n) is 16.8. The molecule has 2 aliphatic heterocycles. The van der Waals surface area contributed by atoms with Gasteiger partial charge in [0.2, 0.25) is 5.91 Å². The van der Waals surface area contributed by atoms with Crippen molar-refractivity contribution in [2.24, 2.45) is 5.92 Å². The Morgan fingerprint density at radius 2 is 1.72 bits per heavy atom. The first-order valence-corrected chi connectivity index (χ1v) is 11.0. The molecular weight excluding hydrogens is 386 g/mol. The van der Waals surface area contributed by atoms with Crippen molar-refractivity contribution >= 4 is 28.8 Å². The van der Waals surface area contributed by atoms with Gasteiger partial charge in [0.1, 0.15) is 5.75 Å². The number of likely N-dealkylation sites (tertiary alicyclic amines) is 1. The molecule has 0 spiro atoms. The third-order valence-corrected chi connectivity index (χ3v) is 6.73. The lowest BCUT2D eigenvalue weighted by Gasteiger charge is -2.39. The minimum absolute atomic E-state index is 0.0331. The Hall–Kier alpha value is -2.54. The molecule has 2 fully saturated rings. The first kappa shape index (κ1) is 19.8. The van der Waals surface area contributed by atoms with E-state index in [1.165, 1.54) is 11.3 Å². The van der Waals surface area contributed by atoms with Crippen molar-refractivity contribution in [1.82, 2.24) is 9.80 Å². The predicted octanol–water partition coefficient (Wildman–Crippen LogP) is 2.96. The molecule has 0 N–H and O–H groups in total. The first-order chi connectivity index (χ1) is 14.2. The van der Waals surface area contributed by atoms with Gasteiger partial charge in [-0.1, -0.05) is 12.1 Å². The van der Waals surface area contributed by atoms with Crippen LogP contribution in [0.25, 0.3) is 0 Å². The molecule has 154 valence electrons. The average Bonchev–Trinajstić information content (AvgIpc) is 3.33. The van der Waals surface area contributed by atoms with Crippen LogP contribution in [0.15, 0.2) is 41.8 Å². The highest BCUT2D eigenvalue weighted by Crippen LogP contribution is 2.25. The summed E-state index contributed by atoms with van der Waals surface area (Å²) in [5.74, 6) is 1.23. The Morgan fingerprint density at radius 3 is 2.38 bits per heavy atom. The molecule has 0 atom stereocenters. The van der Waals surface area contributed by atoms with Crippen molar-refractivity contribution in [3.05, 3.63) is 46.7 Å². The van der Waals surface area contributed by atoms with Crippen LogP contribution in [0.1, 0.15) is 22.5 Å². The number of amides is 2. The summed E-state index contributed by atoms with van der Waals surface area (Å²) in [6.45, 7) is 4.46. The summed E-state index contributed by atoms with van der Waals surface area (Å²) < 4.78 is 5.31. The number of hydrogen-bond acceptors (Lipinski definition) is 5. The lowest BCUT2D eigenvalue weighted by atomic mass is 9.94. The normalized spacial score (nSPS) is 18.0. The van der Waals surface area contributed by atoms with Crippen LogP contribution in [0.2, 0.25) is 0 Å². The second kappa shape index (κ2) is 8.86. The summed E-state index contributed by atoms with van der Waals surface area (Å²) in [7, 11) is 1.68. The van der Waals surface area contributed by atoms with E-state index in [4.69, 9.17) is 4.74 Å². The molecule has 2 amide bonds. The number of ether oxygens (including phenoxy) is 1. The summed E-state index contributed by atoms with van der Waals surface area (Å²) in [6.07, 6.45) is 1.51. The van der Waals surface area contributed by atoms with E-state index in [-0.39, 0.29) is 17.7 Å². The van der Waals surface area contributed by atoms with Crippen molar-refractivity contribution in [3.8, 4) is 5.75 Å². The highest BCUT2D eigenvalue weighted by atomic mass is 32.1. The van der Waals surface area contributed by atoms with E-state index in [9.17, 15) is 9.59 Å². The maximum atomic E-state index is 13.0. The second-order valence-corrected chi connectivity index (χ2v) is 8.51. The largest absolute Gasteiger partial charge is 0.497 e. The Balaban J connectivity index is 1.27. The first-order valence-electron chi connectivity index (χ1n) is 10.2. The van der Waals surface area contributed by atoms with Gasteiger partial charge in [-0.15, -0.1) is 11.3 Å². The average molecular weight is 414 g/mol. The van der Waals surface area contributed by atoms with Crippen LogP contribution >= 0.6 is 11.3 Å². The molecule has 0 bridgehead atoms. The van der Waals surface area contributed by atoms with Crippen LogP contribution in [-0.4, -0.2) is 68.0 Å². The fourth-order valence-electron chi connectivity index (χ4n) is 4.14. The number of carbonyl (C=O) groups excluding carboxylic acids is 2. The molecule has 4 rings (SSSR count). The van der Waals surface area contributed by atoms with Gasteiger partial charge in [0.05, 0.1) is 12.0 Å². The second-order valence-electron chi connectivity index (χ2n) is 7.56. The highest BCUT2D eigenvalue weighted by molar-refractivity contribution is 7.12. The lowest BCUT2D eigenvalue weighted by Crippen LogP contribution is -2.52. The monoisotopic (exact) mass is 413 g/mol. The van der Waals surface area contributed by atoms with Gasteiger partial charge in [0, 0.05) is 56.9 Å². The Labute approximate surface area is 175 Å². The van der Waals surface area contributed by atoms with E-state index < -0.39 is 0 Å². The van der Waals surface area contributed by atoms with E-state index >= 15 is 0 Å². The third kappa shape index (κ3) is 4.40. The van der Waals surface area contributed by atoms with E-state index in [1.54, 1.807) is 7.11 Å². The smallest absolute Gasteiger partial charge is 0.263 e. The number of carbonyl (C=O) groups is 2. The lowest BCUT2D eigenvalue weighted by molar-refractivity contribution is -0.137. The standard InChI is InChI=1S/C22H27N3O3S/c1-28-19-5-2-4-18(16-19)23-11-13-25(14-12-23)21(26)17-7-9-24(10-8-17)22(27)20-6-3-15-29-20/h2-6,15-17H,7-14H2,1H3. The van der Waals surface area contributed by atoms with Crippen LogP contribution in [0.4, 0.5) is 5.69 Å². The number of piperidine rings is 1. The topological polar surface area (TPSA) is 53.1 Å². The van der Waals surface area contributed by atoms with Gasteiger partial charge in [0.15, 0.2) is 0 Å². The zero-order chi connectivity index (χ0) is 20.2. The van der Waals surface area contributed by atoms with Gasteiger partial charge < -0.3 is 19.4 Å². The molecule has 0 aliphatic carbocycles. The number of methoxy groups -OCH3 is 1. The molecular formula is C22H27N3O3S. The number of anilines is 1. The van der Waals surface area contributed by atoms with E-state index in [2.05, 4.69) is 11.0 Å². The fourth-order valence-corrected chi connectivity index (χ4v) is 4.83. The molecule has 0 unspecified atom stereocenters. The molecule has 29 heavy (non-hydrogen) atoms. The minimum atomic E-state index is 0.0331. The zero-order valence-corrected chi connectivity index (χ0v) is 17.6. The SMILES string of the molecule is COc1cccc(N2CCN(C(=O)C3CCN(C(=O)c4cccs4)CC3)CC2)c1. The number of rotatable bonds is 4. The van der Waals surface area contributed by atoms with Crippen molar-refractivity contribution in [2.75, 3.05) is 51.3 Å². The fraction of sp³-hybridized carbons (Fsp3) is 0.455. The van der Waals surface area contributed by atoms with Crippen LogP contribution in [0.5, 0.6) is 5.75 Å². The summed E-state index contributed by atoms with van der Waals surface area (Å²) in [4.78, 5) is 32.4. The summed E-state index contributed by atoms with van der Waals surface area (Å²) in [6, 6.07) is 11.8. The molecule has 1 aromatic heterocycles. The molecule has 3 heterocycles. The van der Waals surface area contributed by atoms with E-state index in [0.717, 1.165) is 55.3 Å². The van der Waals surface area contributed by atoms with Crippen molar-refractivity contribution < 1.29 is 14.3 Å². The molecule has 2 saturated heterocycles. The number of benzene rings is 1. The Bertz CT molecular complexity index is 839. The molecule has 2 aliphatic rings. The summed E-state index contributed by atoms with van der Waals surface area (Å²) in [5.41, 5.74) is 1.14. The van der Waals surface area contributed by atoms with Crippen LogP contribution in [0, 0.1) is 5.92 Å². The van der Waals surface area contributed by atoms with Crippen molar-refractivity contribution in [1.29, 1.82) is 0 Å². The quantitative estimate of drug-likeness (QED) is 0.773. The number of hydrogen-bond donors (Lipinski definition) is 0. The van der Waals surface area contributed by atoms with Gasteiger partial charge in [-0.05, 0) is 36.4 Å². The summed E-state index contributed by atoms with van der Waals surface area (Å²) in [5, 5.41) is 1.93. The van der Waals surface area contributed by atoms with Gasteiger partial charge >= 0.3 is 0 Å². The minimum Gasteiger partial charge on any atom is -0.497 e. The van der Waals surface area contributed by atoms with Crippen LogP contribution in [-0.2, 0) is 4.79 Å². The summed E-state index contributed by atoms with van der Waals surface area (Å²) >= 11 is 1.48. The van der Waals surface area contributed by atoms with Crippen molar-refractivity contribution in [2.45, 2.75) is 12.8 Å². The Kier molecular flexibility index (Phi) is 6.04. The van der Waals surface area contributed by atoms with Gasteiger partial charge in [-0.2, -0.15) is 0 Å². The maximum absolute atomic E-state index is 13.0. The van der Waals surface area contributed by atoms with Crippen LogP contribution < -0.4 is 9.64 Å². The number of piperazine rings is 1. The highest BCUT2D eigenvalue weighted by Gasteiger charge is 2.32. The maximum Gasteiger partial charge on any atom is 0.263 e. The molecule has 0 saturated carbocycles. The molecule has 6 nitrogen and oxygen atoms in total. The predicted molar refractivity (Wildman–Crippen MR) is 115 cm³/mol.